The molecule has 1 saturated heterocycles. The van der Waals surface area contributed by atoms with E-state index in [1.165, 1.54) is 0 Å². The molecule has 0 N–H and O–H groups in total. The number of ether oxygens (including phenoxy) is 2. The second-order valence-electron chi connectivity index (χ2n) is 6.52. The standard InChI is InChI=1S/C19H22N4O3/c1-23-11-14(10-20-23)17-16(8-5-9-25-17)19-22-21-18(26-19)15-7-4-3-6-13(15)12-24-2/h3-4,6-7,10-11,16-17H,5,8-9,12H2,1-2H3/t16-,17+/m1/s1. The third-order valence-corrected chi connectivity index (χ3v) is 4.68. The zero-order chi connectivity index (χ0) is 17.9. The van der Waals surface area contributed by atoms with E-state index in [0.717, 1.165) is 36.1 Å². The third-order valence-electron chi connectivity index (χ3n) is 4.68. The maximum Gasteiger partial charge on any atom is 0.248 e. The van der Waals surface area contributed by atoms with Crippen molar-refractivity contribution in [1.82, 2.24) is 20.0 Å². The molecule has 2 atom stereocenters. The first-order valence-electron chi connectivity index (χ1n) is 8.77. The van der Waals surface area contributed by atoms with Gasteiger partial charge in [-0.15, -0.1) is 10.2 Å². The van der Waals surface area contributed by atoms with Crippen molar-refractivity contribution in [2.45, 2.75) is 31.5 Å². The smallest absolute Gasteiger partial charge is 0.248 e. The number of aryl methyl sites for hydroxylation is 1. The molecule has 0 radical (unpaired) electrons. The van der Waals surface area contributed by atoms with Gasteiger partial charge in [-0.25, -0.2) is 0 Å². The molecule has 0 bridgehead atoms. The maximum absolute atomic E-state index is 6.07. The number of benzene rings is 1. The Balaban J connectivity index is 1.64. The molecule has 136 valence electrons. The van der Waals surface area contributed by atoms with Crippen LogP contribution in [0.1, 0.15) is 41.9 Å². The Labute approximate surface area is 151 Å². The fourth-order valence-corrected chi connectivity index (χ4v) is 3.45. The first kappa shape index (κ1) is 16.9. The van der Waals surface area contributed by atoms with Gasteiger partial charge in [0, 0.05) is 38.1 Å². The topological polar surface area (TPSA) is 75.2 Å². The molecule has 7 heteroatoms. The van der Waals surface area contributed by atoms with Gasteiger partial charge in [0.05, 0.1) is 24.8 Å². The molecule has 2 aromatic heterocycles. The lowest BCUT2D eigenvalue weighted by atomic mass is 9.91. The summed E-state index contributed by atoms with van der Waals surface area (Å²) in [6.07, 6.45) is 5.63. The summed E-state index contributed by atoms with van der Waals surface area (Å²) >= 11 is 0. The van der Waals surface area contributed by atoms with Crippen molar-refractivity contribution in [1.29, 1.82) is 0 Å². The Bertz CT molecular complexity index is 873. The molecule has 7 nitrogen and oxygen atoms in total. The Morgan fingerprint density at radius 1 is 1.27 bits per heavy atom. The second-order valence-corrected chi connectivity index (χ2v) is 6.52. The number of hydrogen-bond donors (Lipinski definition) is 0. The summed E-state index contributed by atoms with van der Waals surface area (Å²) in [5.74, 6) is 1.16. The zero-order valence-electron chi connectivity index (χ0n) is 15.0. The summed E-state index contributed by atoms with van der Waals surface area (Å²) in [5, 5.41) is 12.9. The SMILES string of the molecule is COCc1ccccc1-c1nnc([C@@H]2CCCO[C@H]2c2cnn(C)c2)o1. The number of rotatable bonds is 5. The maximum atomic E-state index is 6.07. The molecule has 1 aromatic carbocycles. The van der Waals surface area contributed by atoms with E-state index in [1.807, 2.05) is 43.7 Å². The highest BCUT2D eigenvalue weighted by Gasteiger charge is 2.34. The highest BCUT2D eigenvalue weighted by molar-refractivity contribution is 5.58. The third kappa shape index (κ3) is 3.27. The first-order chi connectivity index (χ1) is 12.8. The van der Waals surface area contributed by atoms with E-state index >= 15 is 0 Å². The van der Waals surface area contributed by atoms with Gasteiger partial charge in [0.2, 0.25) is 11.8 Å². The normalized spacial score (nSPS) is 20.4. The van der Waals surface area contributed by atoms with Crippen LogP contribution in [-0.2, 0) is 23.1 Å². The van der Waals surface area contributed by atoms with Crippen LogP contribution in [0.3, 0.4) is 0 Å². The molecule has 3 heterocycles. The lowest BCUT2D eigenvalue weighted by Gasteiger charge is -2.28. The number of aromatic nitrogens is 4. The fraction of sp³-hybridized carbons (Fsp3) is 0.421. The van der Waals surface area contributed by atoms with Gasteiger partial charge in [0.15, 0.2) is 0 Å². The summed E-state index contributed by atoms with van der Waals surface area (Å²) in [7, 11) is 3.58. The Morgan fingerprint density at radius 2 is 2.15 bits per heavy atom. The molecule has 4 rings (SSSR count). The summed E-state index contributed by atoms with van der Waals surface area (Å²) in [6.45, 7) is 1.23. The minimum atomic E-state index is -0.111. The minimum Gasteiger partial charge on any atom is -0.420 e. The Hall–Kier alpha value is -2.51. The van der Waals surface area contributed by atoms with Crippen molar-refractivity contribution >= 4 is 0 Å². The molecule has 0 aliphatic carbocycles. The van der Waals surface area contributed by atoms with Crippen LogP contribution in [0.4, 0.5) is 0 Å². The van der Waals surface area contributed by atoms with E-state index in [9.17, 15) is 0 Å². The molecule has 26 heavy (non-hydrogen) atoms. The fourth-order valence-electron chi connectivity index (χ4n) is 3.45. The highest BCUT2D eigenvalue weighted by Crippen LogP contribution is 2.40. The Kier molecular flexibility index (Phi) is 4.81. The second kappa shape index (κ2) is 7.39. The van der Waals surface area contributed by atoms with Crippen LogP contribution < -0.4 is 0 Å². The molecule has 1 fully saturated rings. The van der Waals surface area contributed by atoms with E-state index < -0.39 is 0 Å². The van der Waals surface area contributed by atoms with Gasteiger partial charge in [-0.05, 0) is 24.5 Å². The first-order valence-corrected chi connectivity index (χ1v) is 8.77. The summed E-state index contributed by atoms with van der Waals surface area (Å²) in [4.78, 5) is 0. The van der Waals surface area contributed by atoms with Crippen LogP contribution >= 0.6 is 0 Å². The van der Waals surface area contributed by atoms with E-state index in [-0.39, 0.29) is 12.0 Å². The van der Waals surface area contributed by atoms with Gasteiger partial charge in [0.25, 0.3) is 0 Å². The van der Waals surface area contributed by atoms with Crippen LogP contribution in [0.2, 0.25) is 0 Å². The van der Waals surface area contributed by atoms with Gasteiger partial charge < -0.3 is 13.9 Å². The van der Waals surface area contributed by atoms with Crippen LogP contribution in [-0.4, -0.2) is 33.7 Å². The van der Waals surface area contributed by atoms with Gasteiger partial charge in [-0.3, -0.25) is 4.68 Å². The van der Waals surface area contributed by atoms with Gasteiger partial charge in [-0.1, -0.05) is 18.2 Å². The average Bonchev–Trinajstić information content (AvgIpc) is 3.32. The number of hydrogen-bond acceptors (Lipinski definition) is 6. The monoisotopic (exact) mass is 354 g/mol. The van der Waals surface area contributed by atoms with Gasteiger partial charge >= 0.3 is 0 Å². The summed E-state index contributed by atoms with van der Waals surface area (Å²) in [6, 6.07) is 7.91. The Morgan fingerprint density at radius 3 is 2.96 bits per heavy atom. The van der Waals surface area contributed by atoms with Crippen molar-refractivity contribution in [2.24, 2.45) is 7.05 Å². The van der Waals surface area contributed by atoms with E-state index in [4.69, 9.17) is 13.9 Å². The molecular formula is C19H22N4O3. The predicted octanol–water partition coefficient (Wildman–Crippen LogP) is 3.25. The summed E-state index contributed by atoms with van der Waals surface area (Å²) in [5.41, 5.74) is 2.97. The zero-order valence-corrected chi connectivity index (χ0v) is 15.0. The largest absolute Gasteiger partial charge is 0.420 e. The number of methoxy groups -OCH3 is 1. The average molecular weight is 354 g/mol. The van der Waals surface area contributed by atoms with Gasteiger partial charge in [0.1, 0.15) is 0 Å². The molecule has 3 aromatic rings. The van der Waals surface area contributed by atoms with E-state index in [1.54, 1.807) is 11.8 Å². The van der Waals surface area contributed by atoms with Crippen molar-refractivity contribution in [3.05, 3.63) is 53.7 Å². The minimum absolute atomic E-state index is 0.0313. The molecule has 0 spiro atoms. The van der Waals surface area contributed by atoms with Gasteiger partial charge in [-0.2, -0.15) is 5.10 Å². The predicted molar refractivity (Wildman–Crippen MR) is 94.3 cm³/mol. The molecule has 1 aliphatic heterocycles. The highest BCUT2D eigenvalue weighted by atomic mass is 16.5. The van der Waals surface area contributed by atoms with Crippen LogP contribution in [0.15, 0.2) is 41.1 Å². The van der Waals surface area contributed by atoms with Crippen molar-refractivity contribution in [2.75, 3.05) is 13.7 Å². The molecule has 0 amide bonds. The lowest BCUT2D eigenvalue weighted by Crippen LogP contribution is -2.21. The summed E-state index contributed by atoms with van der Waals surface area (Å²) < 4.78 is 19.1. The quantitative estimate of drug-likeness (QED) is 0.700. The number of nitrogens with zero attached hydrogens (tertiary/aromatic N) is 4. The van der Waals surface area contributed by atoms with E-state index in [0.29, 0.717) is 18.4 Å². The molecule has 1 aliphatic rings. The molecule has 0 unspecified atom stereocenters. The van der Waals surface area contributed by atoms with Crippen molar-refractivity contribution < 1.29 is 13.9 Å². The van der Waals surface area contributed by atoms with E-state index in [2.05, 4.69) is 15.3 Å². The molecular weight excluding hydrogens is 332 g/mol. The van der Waals surface area contributed by atoms with Crippen LogP contribution in [0.25, 0.3) is 11.5 Å². The van der Waals surface area contributed by atoms with Crippen molar-refractivity contribution in [3.63, 3.8) is 0 Å². The lowest BCUT2D eigenvalue weighted by molar-refractivity contribution is -0.00890. The van der Waals surface area contributed by atoms with Crippen molar-refractivity contribution in [3.8, 4) is 11.5 Å². The van der Waals surface area contributed by atoms with Crippen LogP contribution in [0.5, 0.6) is 0 Å². The molecule has 0 saturated carbocycles. The van der Waals surface area contributed by atoms with Crippen LogP contribution in [0, 0.1) is 0 Å².